The molecule has 0 spiro atoms. The zero-order valence-electron chi connectivity index (χ0n) is 13.5. The van der Waals surface area contributed by atoms with E-state index in [1.807, 2.05) is 0 Å². The first-order chi connectivity index (χ1) is 9.26. The van der Waals surface area contributed by atoms with Crippen LogP contribution in [0.5, 0.6) is 0 Å². The molecule has 0 aliphatic rings. The number of rotatable bonds is 13. The van der Waals surface area contributed by atoms with Gasteiger partial charge in [0.05, 0.1) is 0 Å². The molecule has 0 saturated heterocycles. The fraction of sp³-hybridized carbons (Fsp3) is 0.941. The minimum absolute atomic E-state index is 0.240. The number of unbranched alkanes of at least 4 members (excludes halogenated alkanes) is 7. The summed E-state index contributed by atoms with van der Waals surface area (Å²) in [6, 6.07) is 0. The van der Waals surface area contributed by atoms with E-state index >= 15 is 0 Å². The lowest BCUT2D eigenvalue weighted by Gasteiger charge is -2.14. The molecule has 0 aromatic rings. The van der Waals surface area contributed by atoms with Crippen molar-refractivity contribution in [2.45, 2.75) is 91.4 Å². The monoisotopic (exact) mass is 269 g/mol. The molecule has 0 saturated carbocycles. The van der Waals surface area contributed by atoms with Crippen molar-refractivity contribution in [1.82, 2.24) is 5.32 Å². The van der Waals surface area contributed by atoms with Crippen molar-refractivity contribution in [3.8, 4) is 0 Å². The molecule has 19 heavy (non-hydrogen) atoms. The molecule has 114 valence electrons. The first-order valence-electron chi connectivity index (χ1n) is 8.53. The van der Waals surface area contributed by atoms with Gasteiger partial charge in [0, 0.05) is 12.5 Å². The van der Waals surface area contributed by atoms with Gasteiger partial charge in [0.25, 0.3) is 0 Å². The standard InChI is InChI=1S/C17H35NO/c1-4-7-9-10-11-12-13-15-18-17(19)16(6-3)14-8-5-2/h16H,4-15H2,1-3H3,(H,18,19). The van der Waals surface area contributed by atoms with Gasteiger partial charge in [-0.25, -0.2) is 0 Å². The summed E-state index contributed by atoms with van der Waals surface area (Å²) < 4.78 is 0. The van der Waals surface area contributed by atoms with Crippen LogP contribution in [0.25, 0.3) is 0 Å². The fourth-order valence-electron chi connectivity index (χ4n) is 2.41. The lowest BCUT2D eigenvalue weighted by molar-refractivity contribution is -0.125. The highest BCUT2D eigenvalue weighted by atomic mass is 16.1. The van der Waals surface area contributed by atoms with E-state index in [0.717, 1.165) is 25.8 Å². The lowest BCUT2D eigenvalue weighted by atomic mass is 9.98. The van der Waals surface area contributed by atoms with Crippen molar-refractivity contribution in [2.75, 3.05) is 6.54 Å². The second kappa shape index (κ2) is 13.9. The van der Waals surface area contributed by atoms with Crippen molar-refractivity contribution in [2.24, 2.45) is 5.92 Å². The van der Waals surface area contributed by atoms with Crippen molar-refractivity contribution in [3.63, 3.8) is 0 Å². The molecule has 0 aliphatic carbocycles. The highest BCUT2D eigenvalue weighted by Crippen LogP contribution is 2.12. The number of carbonyl (C=O) groups is 1. The molecule has 2 nitrogen and oxygen atoms in total. The Balaban J connectivity index is 3.45. The first kappa shape index (κ1) is 18.5. The van der Waals surface area contributed by atoms with Crippen LogP contribution in [0.1, 0.15) is 91.4 Å². The fourth-order valence-corrected chi connectivity index (χ4v) is 2.41. The molecule has 0 aromatic carbocycles. The van der Waals surface area contributed by atoms with Crippen LogP contribution in [-0.4, -0.2) is 12.5 Å². The number of hydrogen-bond donors (Lipinski definition) is 1. The van der Waals surface area contributed by atoms with Gasteiger partial charge >= 0.3 is 0 Å². The van der Waals surface area contributed by atoms with Gasteiger partial charge < -0.3 is 5.32 Å². The van der Waals surface area contributed by atoms with Crippen molar-refractivity contribution in [3.05, 3.63) is 0 Å². The summed E-state index contributed by atoms with van der Waals surface area (Å²) in [5.74, 6) is 0.520. The Hall–Kier alpha value is -0.530. The highest BCUT2D eigenvalue weighted by Gasteiger charge is 2.14. The van der Waals surface area contributed by atoms with Gasteiger partial charge in [0.1, 0.15) is 0 Å². The zero-order chi connectivity index (χ0) is 14.3. The predicted molar refractivity (Wildman–Crippen MR) is 84.3 cm³/mol. The average Bonchev–Trinajstić information content (AvgIpc) is 2.42. The molecule has 0 rings (SSSR count). The van der Waals surface area contributed by atoms with E-state index < -0.39 is 0 Å². The van der Waals surface area contributed by atoms with E-state index in [-0.39, 0.29) is 11.8 Å². The van der Waals surface area contributed by atoms with E-state index in [4.69, 9.17) is 0 Å². The summed E-state index contributed by atoms with van der Waals surface area (Å²) in [4.78, 5) is 11.9. The van der Waals surface area contributed by atoms with Crippen LogP contribution >= 0.6 is 0 Å². The van der Waals surface area contributed by atoms with Crippen molar-refractivity contribution in [1.29, 1.82) is 0 Å². The third-order valence-corrected chi connectivity index (χ3v) is 3.85. The van der Waals surface area contributed by atoms with Crippen LogP contribution in [0.2, 0.25) is 0 Å². The Morgan fingerprint density at radius 2 is 1.42 bits per heavy atom. The molecule has 1 atom stereocenters. The molecular weight excluding hydrogens is 234 g/mol. The Bertz CT molecular complexity index is 203. The van der Waals surface area contributed by atoms with Crippen LogP contribution in [0.15, 0.2) is 0 Å². The van der Waals surface area contributed by atoms with Gasteiger partial charge in [-0.15, -0.1) is 0 Å². The summed E-state index contributed by atoms with van der Waals surface area (Å²) in [6.45, 7) is 7.42. The van der Waals surface area contributed by atoms with Crippen LogP contribution in [0.3, 0.4) is 0 Å². The number of nitrogens with one attached hydrogen (secondary N) is 1. The summed E-state index contributed by atoms with van der Waals surface area (Å²) in [7, 11) is 0. The quantitative estimate of drug-likeness (QED) is 0.465. The molecular formula is C17H35NO. The van der Waals surface area contributed by atoms with Crippen LogP contribution < -0.4 is 5.32 Å². The third-order valence-electron chi connectivity index (χ3n) is 3.85. The molecule has 2 heteroatoms. The third kappa shape index (κ3) is 11.0. The lowest BCUT2D eigenvalue weighted by Crippen LogP contribution is -2.31. The van der Waals surface area contributed by atoms with Crippen LogP contribution in [0, 0.1) is 5.92 Å². The van der Waals surface area contributed by atoms with Gasteiger partial charge in [-0.05, 0) is 19.3 Å². The maximum atomic E-state index is 11.9. The smallest absolute Gasteiger partial charge is 0.223 e. The van der Waals surface area contributed by atoms with Crippen LogP contribution in [0.4, 0.5) is 0 Å². The predicted octanol–water partition coefficient (Wildman–Crippen LogP) is 5.07. The minimum atomic E-state index is 0.240. The Labute approximate surface area is 120 Å². The first-order valence-corrected chi connectivity index (χ1v) is 8.53. The van der Waals surface area contributed by atoms with Gasteiger partial charge in [0.15, 0.2) is 0 Å². The maximum Gasteiger partial charge on any atom is 0.223 e. The molecule has 0 aromatic heterocycles. The summed E-state index contributed by atoms with van der Waals surface area (Å²) >= 11 is 0. The van der Waals surface area contributed by atoms with E-state index in [2.05, 4.69) is 26.1 Å². The Morgan fingerprint density at radius 3 is 2.00 bits per heavy atom. The SMILES string of the molecule is CCCCCCCCCNC(=O)C(CC)CCCC. The average molecular weight is 269 g/mol. The Morgan fingerprint density at radius 1 is 0.842 bits per heavy atom. The van der Waals surface area contributed by atoms with Gasteiger partial charge in [-0.3, -0.25) is 4.79 Å². The van der Waals surface area contributed by atoms with E-state index in [0.29, 0.717) is 0 Å². The van der Waals surface area contributed by atoms with Gasteiger partial charge in [0.2, 0.25) is 5.91 Å². The maximum absolute atomic E-state index is 11.9. The number of hydrogen-bond acceptors (Lipinski definition) is 1. The minimum Gasteiger partial charge on any atom is -0.356 e. The second-order valence-corrected chi connectivity index (χ2v) is 5.66. The second-order valence-electron chi connectivity index (χ2n) is 5.66. The number of amides is 1. The van der Waals surface area contributed by atoms with E-state index in [1.54, 1.807) is 0 Å². The highest BCUT2D eigenvalue weighted by molar-refractivity contribution is 5.78. The van der Waals surface area contributed by atoms with Crippen molar-refractivity contribution >= 4 is 5.91 Å². The molecule has 1 unspecified atom stereocenters. The largest absolute Gasteiger partial charge is 0.356 e. The van der Waals surface area contributed by atoms with Gasteiger partial charge in [-0.1, -0.05) is 72.1 Å². The number of carbonyl (C=O) groups excluding carboxylic acids is 1. The normalized spacial score (nSPS) is 12.4. The molecule has 0 bridgehead atoms. The molecule has 0 fully saturated rings. The van der Waals surface area contributed by atoms with E-state index in [1.165, 1.54) is 51.4 Å². The van der Waals surface area contributed by atoms with Gasteiger partial charge in [-0.2, -0.15) is 0 Å². The summed E-state index contributed by atoms with van der Waals surface area (Å²) in [6.07, 6.45) is 13.5. The Kier molecular flexibility index (Phi) is 13.5. The van der Waals surface area contributed by atoms with E-state index in [9.17, 15) is 4.79 Å². The molecule has 0 heterocycles. The molecule has 1 amide bonds. The van der Waals surface area contributed by atoms with Crippen molar-refractivity contribution < 1.29 is 4.79 Å². The summed E-state index contributed by atoms with van der Waals surface area (Å²) in [5, 5.41) is 3.11. The summed E-state index contributed by atoms with van der Waals surface area (Å²) in [5.41, 5.74) is 0. The molecule has 0 radical (unpaired) electrons. The molecule has 0 aliphatic heterocycles. The topological polar surface area (TPSA) is 29.1 Å². The molecule has 1 N–H and O–H groups in total. The zero-order valence-corrected chi connectivity index (χ0v) is 13.5. The van der Waals surface area contributed by atoms with Crippen LogP contribution in [-0.2, 0) is 4.79 Å².